The molecule has 3 N–H and O–H groups in total. The number of amides is 1. The molecule has 0 spiro atoms. The molecule has 1 atom stereocenters. The molecule has 1 amide bonds. The van der Waals surface area contributed by atoms with Gasteiger partial charge in [0.1, 0.15) is 4.21 Å². The maximum absolute atomic E-state index is 12.0. The second-order valence-corrected chi connectivity index (χ2v) is 7.09. The number of primary sulfonamides is 1. The van der Waals surface area contributed by atoms with E-state index in [1.807, 2.05) is 0 Å². The van der Waals surface area contributed by atoms with Crippen LogP contribution < -0.4 is 10.5 Å². The molecule has 106 valence electrons. The number of carbonyl (C=O) groups is 1. The van der Waals surface area contributed by atoms with E-state index in [0.717, 1.165) is 30.8 Å². The number of carbonyl (C=O) groups excluding carboxylic acids is 1. The van der Waals surface area contributed by atoms with Gasteiger partial charge in [0.2, 0.25) is 10.0 Å². The SMILES string of the molecule is Cc1c(C(=O)NCC2CCCO2)csc1S(N)(=O)=O. The van der Waals surface area contributed by atoms with Crippen molar-refractivity contribution in [2.75, 3.05) is 13.2 Å². The first-order valence-corrected chi connectivity index (χ1v) is 8.33. The largest absolute Gasteiger partial charge is 0.376 e. The highest BCUT2D eigenvalue weighted by molar-refractivity contribution is 7.91. The summed E-state index contributed by atoms with van der Waals surface area (Å²) >= 11 is 0.964. The van der Waals surface area contributed by atoms with Crippen LogP contribution in [-0.4, -0.2) is 33.6 Å². The van der Waals surface area contributed by atoms with Gasteiger partial charge >= 0.3 is 0 Å². The Morgan fingerprint density at radius 3 is 2.89 bits per heavy atom. The molecule has 0 bridgehead atoms. The van der Waals surface area contributed by atoms with Crippen molar-refractivity contribution < 1.29 is 17.9 Å². The molecular formula is C11H16N2O4S2. The van der Waals surface area contributed by atoms with Gasteiger partial charge in [-0.2, -0.15) is 0 Å². The third-order valence-corrected chi connectivity index (χ3v) is 5.69. The average Bonchev–Trinajstić information content (AvgIpc) is 2.93. The predicted octanol–water partition coefficient (Wildman–Crippen LogP) is 0.613. The van der Waals surface area contributed by atoms with Crippen molar-refractivity contribution in [2.45, 2.75) is 30.1 Å². The molecule has 2 rings (SSSR count). The van der Waals surface area contributed by atoms with Crippen LogP contribution >= 0.6 is 11.3 Å². The van der Waals surface area contributed by atoms with E-state index in [-0.39, 0.29) is 16.2 Å². The van der Waals surface area contributed by atoms with Gasteiger partial charge in [-0.15, -0.1) is 11.3 Å². The van der Waals surface area contributed by atoms with Crippen LogP contribution in [0.25, 0.3) is 0 Å². The lowest BCUT2D eigenvalue weighted by atomic mass is 10.2. The average molecular weight is 304 g/mol. The lowest BCUT2D eigenvalue weighted by molar-refractivity contribution is 0.0857. The van der Waals surface area contributed by atoms with Crippen LogP contribution in [0.15, 0.2) is 9.59 Å². The van der Waals surface area contributed by atoms with Crippen molar-refractivity contribution in [3.05, 3.63) is 16.5 Å². The van der Waals surface area contributed by atoms with Gasteiger partial charge in [0.25, 0.3) is 5.91 Å². The first-order valence-electron chi connectivity index (χ1n) is 5.90. The monoisotopic (exact) mass is 304 g/mol. The summed E-state index contributed by atoms with van der Waals surface area (Å²) in [5, 5.41) is 9.34. The van der Waals surface area contributed by atoms with Crippen molar-refractivity contribution in [3.8, 4) is 0 Å². The van der Waals surface area contributed by atoms with E-state index in [9.17, 15) is 13.2 Å². The molecule has 1 aliphatic heterocycles. The Bertz CT molecular complexity index is 574. The molecule has 1 saturated heterocycles. The number of rotatable bonds is 4. The van der Waals surface area contributed by atoms with Gasteiger partial charge in [-0.25, -0.2) is 13.6 Å². The van der Waals surface area contributed by atoms with Crippen LogP contribution in [0.1, 0.15) is 28.8 Å². The smallest absolute Gasteiger partial charge is 0.252 e. The number of sulfonamides is 1. The fourth-order valence-corrected chi connectivity index (χ4v) is 4.02. The van der Waals surface area contributed by atoms with Gasteiger partial charge in [0, 0.05) is 18.5 Å². The minimum Gasteiger partial charge on any atom is -0.376 e. The standard InChI is InChI=1S/C11H16N2O4S2/c1-7-9(6-18-11(7)19(12,15)16)10(14)13-5-8-3-2-4-17-8/h6,8H,2-5H2,1H3,(H,13,14)(H2,12,15,16). The highest BCUT2D eigenvalue weighted by Crippen LogP contribution is 2.25. The molecule has 1 aromatic rings. The van der Waals surface area contributed by atoms with Crippen molar-refractivity contribution in [3.63, 3.8) is 0 Å². The number of hydrogen-bond donors (Lipinski definition) is 2. The summed E-state index contributed by atoms with van der Waals surface area (Å²) in [5.41, 5.74) is 0.754. The Balaban J connectivity index is 2.05. The second-order valence-electron chi connectivity index (χ2n) is 4.45. The van der Waals surface area contributed by atoms with E-state index in [1.165, 1.54) is 5.38 Å². The minimum absolute atomic E-state index is 0.0368. The fraction of sp³-hybridized carbons (Fsp3) is 0.545. The first-order chi connectivity index (χ1) is 8.89. The van der Waals surface area contributed by atoms with Gasteiger partial charge in [-0.3, -0.25) is 4.79 Å². The van der Waals surface area contributed by atoms with Crippen LogP contribution in [-0.2, 0) is 14.8 Å². The molecule has 1 aromatic heterocycles. The molecule has 1 unspecified atom stereocenters. The van der Waals surface area contributed by atoms with E-state index in [1.54, 1.807) is 6.92 Å². The molecule has 1 fully saturated rings. The summed E-state index contributed by atoms with van der Waals surface area (Å²) in [6.45, 7) is 2.75. The zero-order chi connectivity index (χ0) is 14.0. The maximum atomic E-state index is 12.0. The summed E-state index contributed by atoms with van der Waals surface area (Å²) in [5.74, 6) is -0.292. The Hall–Kier alpha value is -0.960. The molecule has 0 saturated carbocycles. The maximum Gasteiger partial charge on any atom is 0.252 e. The van der Waals surface area contributed by atoms with Gasteiger partial charge in [0.15, 0.2) is 0 Å². The van der Waals surface area contributed by atoms with E-state index >= 15 is 0 Å². The first kappa shape index (κ1) is 14.4. The minimum atomic E-state index is -3.76. The molecule has 2 heterocycles. The molecule has 0 radical (unpaired) electrons. The Labute approximate surface area is 116 Å². The Kier molecular flexibility index (Phi) is 4.24. The van der Waals surface area contributed by atoms with Crippen LogP contribution in [0.5, 0.6) is 0 Å². The summed E-state index contributed by atoms with van der Waals surface area (Å²) in [4.78, 5) is 12.0. The number of nitrogens with two attached hydrogens (primary N) is 1. The molecule has 8 heteroatoms. The quantitative estimate of drug-likeness (QED) is 0.851. The topological polar surface area (TPSA) is 98.5 Å². The highest BCUT2D eigenvalue weighted by atomic mass is 32.2. The third-order valence-electron chi connectivity index (χ3n) is 3.01. The molecule has 6 nitrogen and oxygen atoms in total. The van der Waals surface area contributed by atoms with Crippen LogP contribution in [0.4, 0.5) is 0 Å². The number of thiophene rings is 1. The van der Waals surface area contributed by atoms with E-state index in [0.29, 0.717) is 17.7 Å². The predicted molar refractivity (Wildman–Crippen MR) is 71.7 cm³/mol. The fourth-order valence-electron chi connectivity index (χ4n) is 2.01. The lowest BCUT2D eigenvalue weighted by Gasteiger charge is -2.10. The summed E-state index contributed by atoms with van der Waals surface area (Å²) < 4.78 is 28.0. The molecule has 0 aromatic carbocycles. The number of nitrogens with one attached hydrogen (secondary N) is 1. The number of hydrogen-bond acceptors (Lipinski definition) is 5. The van der Waals surface area contributed by atoms with Crippen molar-refractivity contribution in [2.24, 2.45) is 5.14 Å². The highest BCUT2D eigenvalue weighted by Gasteiger charge is 2.22. The molecular weight excluding hydrogens is 288 g/mol. The zero-order valence-electron chi connectivity index (χ0n) is 10.5. The van der Waals surface area contributed by atoms with Crippen LogP contribution in [0.2, 0.25) is 0 Å². The second kappa shape index (κ2) is 5.58. The van der Waals surface area contributed by atoms with Gasteiger partial charge < -0.3 is 10.1 Å². The van der Waals surface area contributed by atoms with Crippen molar-refractivity contribution >= 4 is 27.3 Å². The lowest BCUT2D eigenvalue weighted by Crippen LogP contribution is -2.31. The van der Waals surface area contributed by atoms with E-state index in [2.05, 4.69) is 5.32 Å². The van der Waals surface area contributed by atoms with Gasteiger partial charge in [-0.1, -0.05) is 0 Å². The number of ether oxygens (including phenoxy) is 1. The third kappa shape index (κ3) is 3.33. The van der Waals surface area contributed by atoms with Crippen molar-refractivity contribution in [1.29, 1.82) is 0 Å². The summed E-state index contributed by atoms with van der Waals surface area (Å²) in [6, 6.07) is 0. The Morgan fingerprint density at radius 2 is 2.37 bits per heavy atom. The normalized spacial score (nSPS) is 19.6. The van der Waals surface area contributed by atoms with E-state index in [4.69, 9.17) is 9.88 Å². The van der Waals surface area contributed by atoms with E-state index < -0.39 is 10.0 Å². The van der Waals surface area contributed by atoms with Gasteiger partial charge in [-0.05, 0) is 25.3 Å². The molecule has 0 aliphatic carbocycles. The van der Waals surface area contributed by atoms with Gasteiger partial charge in [0.05, 0.1) is 11.7 Å². The van der Waals surface area contributed by atoms with Crippen LogP contribution in [0.3, 0.4) is 0 Å². The Morgan fingerprint density at radius 1 is 1.63 bits per heavy atom. The summed E-state index contributed by atoms with van der Waals surface area (Å²) in [7, 11) is -3.76. The zero-order valence-corrected chi connectivity index (χ0v) is 12.1. The summed E-state index contributed by atoms with van der Waals surface area (Å²) in [6.07, 6.45) is 2.00. The molecule has 19 heavy (non-hydrogen) atoms. The molecule has 1 aliphatic rings. The van der Waals surface area contributed by atoms with Crippen molar-refractivity contribution in [1.82, 2.24) is 5.32 Å². The van der Waals surface area contributed by atoms with Crippen LogP contribution in [0, 0.1) is 6.92 Å².